The molecule has 0 fully saturated rings. The first-order valence-corrected chi connectivity index (χ1v) is 5.31. The third kappa shape index (κ3) is 2.52. The fraction of sp³-hybridized carbons (Fsp3) is 0.364. The molecule has 1 aliphatic heterocycles. The lowest BCUT2D eigenvalue weighted by Gasteiger charge is -2.12. The number of fused-ring (bicyclic) bond motifs is 1. The number of hydrogen-bond acceptors (Lipinski definition) is 5. The number of ether oxygens (including phenoxy) is 2. The van der Waals surface area contributed by atoms with Gasteiger partial charge in [-0.25, -0.2) is 0 Å². The number of anilines is 1. The Bertz CT molecular complexity index is 434. The van der Waals surface area contributed by atoms with E-state index in [2.05, 4.69) is 10.5 Å². The molecule has 92 valence electrons. The molecule has 0 saturated heterocycles. The van der Waals surface area contributed by atoms with E-state index in [1.165, 1.54) is 0 Å². The Kier molecular flexibility index (Phi) is 3.22. The highest BCUT2D eigenvalue weighted by Crippen LogP contribution is 2.34. The highest BCUT2D eigenvalue weighted by atomic mass is 16.7. The molecular formula is C11H15N3O3. The van der Waals surface area contributed by atoms with Crippen LogP contribution in [0.25, 0.3) is 0 Å². The SMILES string of the molecule is CC(CNc1ccc2c(c1)OCO2)C(N)=NO. The van der Waals surface area contributed by atoms with Crippen LogP contribution in [-0.4, -0.2) is 24.4 Å². The van der Waals surface area contributed by atoms with Crippen LogP contribution >= 0.6 is 0 Å². The van der Waals surface area contributed by atoms with E-state index in [9.17, 15) is 0 Å². The number of benzene rings is 1. The molecule has 0 aromatic heterocycles. The van der Waals surface area contributed by atoms with Crippen molar-refractivity contribution in [1.29, 1.82) is 0 Å². The van der Waals surface area contributed by atoms with Crippen LogP contribution in [0.1, 0.15) is 6.92 Å². The van der Waals surface area contributed by atoms with Gasteiger partial charge in [0.1, 0.15) is 5.84 Å². The standard InChI is InChI=1S/C11H15N3O3/c1-7(11(12)14-15)5-13-8-2-3-9-10(4-8)17-6-16-9/h2-4,7,13,15H,5-6H2,1H3,(H2,12,14). The molecule has 1 unspecified atom stereocenters. The summed E-state index contributed by atoms with van der Waals surface area (Å²) in [7, 11) is 0. The van der Waals surface area contributed by atoms with Gasteiger partial charge < -0.3 is 25.7 Å². The molecular weight excluding hydrogens is 222 g/mol. The Morgan fingerprint density at radius 2 is 2.29 bits per heavy atom. The Hall–Kier alpha value is -2.11. The van der Waals surface area contributed by atoms with Crippen molar-refractivity contribution in [3.63, 3.8) is 0 Å². The van der Waals surface area contributed by atoms with E-state index in [0.29, 0.717) is 6.54 Å². The lowest BCUT2D eigenvalue weighted by molar-refractivity contribution is 0.174. The van der Waals surface area contributed by atoms with Gasteiger partial charge >= 0.3 is 0 Å². The summed E-state index contributed by atoms with van der Waals surface area (Å²) in [6, 6.07) is 5.60. The Morgan fingerprint density at radius 3 is 3.06 bits per heavy atom. The van der Waals surface area contributed by atoms with Crippen molar-refractivity contribution >= 4 is 11.5 Å². The summed E-state index contributed by atoms with van der Waals surface area (Å²) in [6.45, 7) is 2.71. The molecule has 0 amide bonds. The zero-order chi connectivity index (χ0) is 12.3. The molecule has 0 spiro atoms. The van der Waals surface area contributed by atoms with Crippen LogP contribution in [0.3, 0.4) is 0 Å². The van der Waals surface area contributed by atoms with Crippen LogP contribution in [0.4, 0.5) is 5.69 Å². The Labute approximate surface area is 99.0 Å². The van der Waals surface area contributed by atoms with E-state index in [4.69, 9.17) is 20.4 Å². The van der Waals surface area contributed by atoms with Gasteiger partial charge in [-0.3, -0.25) is 0 Å². The van der Waals surface area contributed by atoms with Gasteiger partial charge in [-0.1, -0.05) is 12.1 Å². The molecule has 0 aliphatic carbocycles. The number of oxime groups is 1. The quantitative estimate of drug-likeness (QED) is 0.317. The smallest absolute Gasteiger partial charge is 0.231 e. The summed E-state index contributed by atoms with van der Waals surface area (Å²) in [5, 5.41) is 14.7. The minimum Gasteiger partial charge on any atom is -0.454 e. The number of hydrogen-bond donors (Lipinski definition) is 3. The zero-order valence-corrected chi connectivity index (χ0v) is 9.51. The fourth-order valence-corrected chi connectivity index (χ4v) is 1.48. The summed E-state index contributed by atoms with van der Waals surface area (Å²) in [4.78, 5) is 0. The van der Waals surface area contributed by atoms with Crippen LogP contribution in [0.5, 0.6) is 11.5 Å². The summed E-state index contributed by atoms with van der Waals surface area (Å²) >= 11 is 0. The van der Waals surface area contributed by atoms with E-state index in [1.807, 2.05) is 25.1 Å². The lowest BCUT2D eigenvalue weighted by Crippen LogP contribution is -2.27. The van der Waals surface area contributed by atoms with Crippen LogP contribution < -0.4 is 20.5 Å². The van der Waals surface area contributed by atoms with Crippen LogP contribution in [0.15, 0.2) is 23.4 Å². The predicted molar refractivity (Wildman–Crippen MR) is 63.6 cm³/mol. The van der Waals surface area contributed by atoms with Gasteiger partial charge in [-0.05, 0) is 12.1 Å². The van der Waals surface area contributed by atoms with E-state index >= 15 is 0 Å². The molecule has 1 aromatic rings. The van der Waals surface area contributed by atoms with Gasteiger partial charge in [-0.2, -0.15) is 0 Å². The van der Waals surface area contributed by atoms with Crippen molar-refractivity contribution in [3.8, 4) is 11.5 Å². The monoisotopic (exact) mass is 237 g/mol. The molecule has 6 heteroatoms. The van der Waals surface area contributed by atoms with Gasteiger partial charge in [-0.15, -0.1) is 0 Å². The number of nitrogens with one attached hydrogen (secondary N) is 1. The third-order valence-corrected chi connectivity index (χ3v) is 2.61. The summed E-state index contributed by atoms with van der Waals surface area (Å²) in [5.74, 6) is 1.63. The summed E-state index contributed by atoms with van der Waals surface area (Å²) in [5.41, 5.74) is 6.40. The molecule has 1 atom stereocenters. The zero-order valence-electron chi connectivity index (χ0n) is 9.51. The third-order valence-electron chi connectivity index (χ3n) is 2.61. The lowest BCUT2D eigenvalue weighted by atomic mass is 10.1. The number of amidine groups is 1. The van der Waals surface area contributed by atoms with Crippen molar-refractivity contribution in [1.82, 2.24) is 0 Å². The first-order valence-electron chi connectivity index (χ1n) is 5.31. The number of nitrogens with two attached hydrogens (primary N) is 1. The molecule has 0 bridgehead atoms. The van der Waals surface area contributed by atoms with Crippen molar-refractivity contribution < 1.29 is 14.7 Å². The van der Waals surface area contributed by atoms with Crippen LogP contribution in [0.2, 0.25) is 0 Å². The minimum atomic E-state index is -0.0505. The minimum absolute atomic E-state index is 0.0505. The molecule has 0 radical (unpaired) electrons. The van der Waals surface area contributed by atoms with Gasteiger partial charge in [0.15, 0.2) is 11.5 Å². The molecule has 17 heavy (non-hydrogen) atoms. The maximum atomic E-state index is 8.53. The van der Waals surface area contributed by atoms with E-state index in [1.54, 1.807) is 0 Å². The largest absolute Gasteiger partial charge is 0.454 e. The average molecular weight is 237 g/mol. The Morgan fingerprint density at radius 1 is 1.53 bits per heavy atom. The topological polar surface area (TPSA) is 89.1 Å². The second-order valence-electron chi connectivity index (χ2n) is 3.87. The molecule has 4 N–H and O–H groups in total. The molecule has 0 saturated carbocycles. The average Bonchev–Trinajstić information content (AvgIpc) is 2.82. The van der Waals surface area contributed by atoms with Crippen molar-refractivity contribution in [2.75, 3.05) is 18.7 Å². The first-order chi connectivity index (χ1) is 8.20. The molecule has 1 aromatic carbocycles. The van der Waals surface area contributed by atoms with Gasteiger partial charge in [0, 0.05) is 24.2 Å². The van der Waals surface area contributed by atoms with Gasteiger partial charge in [0.2, 0.25) is 6.79 Å². The second kappa shape index (κ2) is 4.82. The molecule has 1 aliphatic rings. The van der Waals surface area contributed by atoms with E-state index < -0.39 is 0 Å². The summed E-state index contributed by atoms with van der Waals surface area (Å²) < 4.78 is 10.5. The summed E-state index contributed by atoms with van der Waals surface area (Å²) in [6.07, 6.45) is 0. The predicted octanol–water partition coefficient (Wildman–Crippen LogP) is 1.21. The Balaban J connectivity index is 1.96. The highest BCUT2D eigenvalue weighted by molar-refractivity contribution is 5.82. The second-order valence-corrected chi connectivity index (χ2v) is 3.87. The molecule has 6 nitrogen and oxygen atoms in total. The first kappa shape index (κ1) is 11.4. The van der Waals surface area contributed by atoms with Crippen molar-refractivity contribution in [2.45, 2.75) is 6.92 Å². The fourth-order valence-electron chi connectivity index (χ4n) is 1.48. The van der Waals surface area contributed by atoms with Crippen molar-refractivity contribution in [2.24, 2.45) is 16.8 Å². The van der Waals surface area contributed by atoms with Gasteiger partial charge in [0.05, 0.1) is 0 Å². The number of rotatable bonds is 4. The highest BCUT2D eigenvalue weighted by Gasteiger charge is 2.13. The number of nitrogens with zero attached hydrogens (tertiary/aromatic N) is 1. The van der Waals surface area contributed by atoms with Gasteiger partial charge in [0.25, 0.3) is 0 Å². The van der Waals surface area contributed by atoms with Crippen LogP contribution in [-0.2, 0) is 0 Å². The maximum absolute atomic E-state index is 8.53. The normalized spacial score (nSPS) is 15.7. The molecule has 1 heterocycles. The maximum Gasteiger partial charge on any atom is 0.231 e. The van der Waals surface area contributed by atoms with Crippen molar-refractivity contribution in [3.05, 3.63) is 18.2 Å². The van der Waals surface area contributed by atoms with E-state index in [-0.39, 0.29) is 18.5 Å². The van der Waals surface area contributed by atoms with Crippen LogP contribution in [0, 0.1) is 5.92 Å². The molecule has 2 rings (SSSR count). The van der Waals surface area contributed by atoms with E-state index in [0.717, 1.165) is 17.2 Å².